The van der Waals surface area contributed by atoms with Gasteiger partial charge in [0, 0.05) is 9.45 Å². The maximum absolute atomic E-state index is 12.7. The highest BCUT2D eigenvalue weighted by Gasteiger charge is 2.18. The van der Waals surface area contributed by atoms with Crippen molar-refractivity contribution in [1.82, 2.24) is 4.98 Å². The first-order valence-electron chi connectivity index (χ1n) is 5.17. The van der Waals surface area contributed by atoms with E-state index in [4.69, 9.17) is 16.3 Å². The number of ether oxygens (including phenoxy) is 1. The molecular formula is C11H11ClF2INO2. The fourth-order valence-corrected chi connectivity index (χ4v) is 2.43. The molecule has 1 heterocycles. The van der Waals surface area contributed by atoms with Gasteiger partial charge in [0.15, 0.2) is 0 Å². The van der Waals surface area contributed by atoms with Crippen LogP contribution in [-0.2, 0) is 21.8 Å². The van der Waals surface area contributed by atoms with Crippen LogP contribution in [0.5, 0.6) is 0 Å². The van der Waals surface area contributed by atoms with Gasteiger partial charge >= 0.3 is 5.97 Å². The van der Waals surface area contributed by atoms with E-state index in [-0.39, 0.29) is 30.3 Å². The van der Waals surface area contributed by atoms with Gasteiger partial charge in [-0.3, -0.25) is 9.78 Å². The third-order valence-electron chi connectivity index (χ3n) is 2.11. The summed E-state index contributed by atoms with van der Waals surface area (Å²) in [6.45, 7) is 1.92. The van der Waals surface area contributed by atoms with Crippen molar-refractivity contribution in [2.24, 2.45) is 0 Å². The summed E-state index contributed by atoms with van der Waals surface area (Å²) in [6.07, 6.45) is -2.82. The summed E-state index contributed by atoms with van der Waals surface area (Å²) in [6, 6.07) is 1.26. The van der Waals surface area contributed by atoms with Crippen LogP contribution in [0.25, 0.3) is 0 Å². The minimum Gasteiger partial charge on any atom is -0.466 e. The Labute approximate surface area is 122 Å². The minimum absolute atomic E-state index is 0.0936. The molecule has 0 amide bonds. The molecule has 1 aromatic heterocycles. The second-order valence-corrected chi connectivity index (χ2v) is 4.73. The number of hydrogen-bond acceptors (Lipinski definition) is 3. The van der Waals surface area contributed by atoms with Gasteiger partial charge in [-0.2, -0.15) is 0 Å². The lowest BCUT2D eigenvalue weighted by atomic mass is 10.2. The Hall–Kier alpha value is -0.500. The van der Waals surface area contributed by atoms with Crippen LogP contribution in [0.15, 0.2) is 6.07 Å². The lowest BCUT2D eigenvalue weighted by molar-refractivity contribution is -0.142. The number of carbonyl (C=O) groups is 1. The standard InChI is InChI=1S/C11H11ClF2INO2/c1-2-18-9(17)4-7-10(15)6(5-12)3-8(16-7)11(13)14/h3,11H,2,4-5H2,1H3. The molecule has 7 heteroatoms. The summed E-state index contributed by atoms with van der Waals surface area (Å²) in [7, 11) is 0. The van der Waals surface area contributed by atoms with Crippen LogP contribution in [0.1, 0.15) is 30.3 Å². The van der Waals surface area contributed by atoms with Crippen molar-refractivity contribution in [2.45, 2.75) is 25.7 Å². The molecule has 0 unspecified atom stereocenters. The molecule has 0 saturated heterocycles. The van der Waals surface area contributed by atoms with Gasteiger partial charge in [0.2, 0.25) is 0 Å². The van der Waals surface area contributed by atoms with E-state index in [1.165, 1.54) is 6.07 Å². The van der Waals surface area contributed by atoms with Crippen molar-refractivity contribution in [3.05, 3.63) is 26.6 Å². The van der Waals surface area contributed by atoms with Crippen molar-refractivity contribution in [3.8, 4) is 0 Å². The van der Waals surface area contributed by atoms with E-state index in [1.54, 1.807) is 6.92 Å². The second-order valence-electron chi connectivity index (χ2n) is 3.38. The van der Waals surface area contributed by atoms with Crippen LogP contribution in [-0.4, -0.2) is 17.6 Å². The van der Waals surface area contributed by atoms with E-state index in [1.807, 2.05) is 22.6 Å². The summed E-state index contributed by atoms with van der Waals surface area (Å²) in [5, 5.41) is 0. The topological polar surface area (TPSA) is 39.2 Å². The number of alkyl halides is 3. The van der Waals surface area contributed by atoms with Gasteiger partial charge in [-0.15, -0.1) is 11.6 Å². The summed E-state index contributed by atoms with van der Waals surface area (Å²) >= 11 is 7.63. The van der Waals surface area contributed by atoms with Crippen LogP contribution >= 0.6 is 34.2 Å². The van der Waals surface area contributed by atoms with Crippen molar-refractivity contribution >= 4 is 40.2 Å². The Kier molecular flexibility index (Phi) is 6.20. The molecule has 18 heavy (non-hydrogen) atoms. The first-order chi connectivity index (χ1) is 8.49. The number of aromatic nitrogens is 1. The normalized spacial score (nSPS) is 10.8. The predicted molar refractivity (Wildman–Crippen MR) is 71.8 cm³/mol. The fraction of sp³-hybridized carbons (Fsp3) is 0.455. The molecule has 0 fully saturated rings. The molecule has 3 nitrogen and oxygen atoms in total. The summed E-state index contributed by atoms with van der Waals surface area (Å²) in [4.78, 5) is 15.1. The van der Waals surface area contributed by atoms with Crippen LogP contribution in [0.4, 0.5) is 8.78 Å². The molecule has 0 radical (unpaired) electrons. The van der Waals surface area contributed by atoms with Gasteiger partial charge in [-0.05, 0) is 41.1 Å². The third-order valence-corrected chi connectivity index (χ3v) is 3.71. The number of halogens is 4. The molecule has 0 aliphatic heterocycles. The van der Waals surface area contributed by atoms with Crippen molar-refractivity contribution in [1.29, 1.82) is 0 Å². The second kappa shape index (κ2) is 7.18. The highest BCUT2D eigenvalue weighted by atomic mass is 127. The molecule has 0 aliphatic rings. The number of rotatable bonds is 5. The molecule has 0 spiro atoms. The van der Waals surface area contributed by atoms with Crippen molar-refractivity contribution < 1.29 is 18.3 Å². The highest BCUT2D eigenvalue weighted by molar-refractivity contribution is 14.1. The smallest absolute Gasteiger partial charge is 0.311 e. The largest absolute Gasteiger partial charge is 0.466 e. The molecule has 0 bridgehead atoms. The maximum atomic E-state index is 12.7. The molecule has 0 atom stereocenters. The number of carbonyl (C=O) groups excluding carboxylic acids is 1. The molecular weight excluding hydrogens is 378 g/mol. The minimum atomic E-state index is -2.69. The number of pyridine rings is 1. The monoisotopic (exact) mass is 389 g/mol. The van der Waals surface area contributed by atoms with Crippen LogP contribution in [0, 0.1) is 3.57 Å². The zero-order valence-electron chi connectivity index (χ0n) is 9.55. The van der Waals surface area contributed by atoms with Gasteiger partial charge in [-0.1, -0.05) is 0 Å². The van der Waals surface area contributed by atoms with Gasteiger partial charge in [0.05, 0.1) is 18.7 Å². The van der Waals surface area contributed by atoms with Crippen LogP contribution < -0.4 is 0 Å². The SMILES string of the molecule is CCOC(=O)Cc1nc(C(F)F)cc(CCl)c1I. The Morgan fingerprint density at radius 1 is 1.61 bits per heavy atom. The van der Waals surface area contributed by atoms with Crippen LogP contribution in [0.3, 0.4) is 0 Å². The molecule has 0 saturated carbocycles. The zero-order chi connectivity index (χ0) is 13.7. The number of hydrogen-bond donors (Lipinski definition) is 0. The van der Waals surface area contributed by atoms with E-state index >= 15 is 0 Å². The van der Waals surface area contributed by atoms with Crippen molar-refractivity contribution in [2.75, 3.05) is 6.61 Å². The first kappa shape index (κ1) is 15.6. The average molecular weight is 390 g/mol. The quantitative estimate of drug-likeness (QED) is 0.440. The lowest BCUT2D eigenvalue weighted by Crippen LogP contribution is -2.12. The maximum Gasteiger partial charge on any atom is 0.311 e. The summed E-state index contributed by atoms with van der Waals surface area (Å²) in [5.74, 6) is -0.397. The molecule has 1 aromatic rings. The molecule has 100 valence electrons. The van der Waals surface area contributed by atoms with E-state index in [0.29, 0.717) is 9.13 Å². The van der Waals surface area contributed by atoms with E-state index in [0.717, 1.165) is 0 Å². The Morgan fingerprint density at radius 3 is 2.78 bits per heavy atom. The first-order valence-corrected chi connectivity index (χ1v) is 6.78. The fourth-order valence-electron chi connectivity index (χ4n) is 1.34. The Morgan fingerprint density at radius 2 is 2.28 bits per heavy atom. The summed E-state index contributed by atoms with van der Waals surface area (Å²) in [5.41, 5.74) is 0.453. The van der Waals surface area contributed by atoms with Gasteiger partial charge in [-0.25, -0.2) is 8.78 Å². The number of nitrogens with zero attached hydrogens (tertiary/aromatic N) is 1. The van der Waals surface area contributed by atoms with Gasteiger partial charge in [0.1, 0.15) is 5.69 Å². The predicted octanol–water partition coefficient (Wildman–Crippen LogP) is 3.47. The molecule has 0 aliphatic carbocycles. The Bertz CT molecular complexity index is 443. The van der Waals surface area contributed by atoms with E-state index in [2.05, 4.69) is 4.98 Å². The van der Waals surface area contributed by atoms with Gasteiger partial charge < -0.3 is 4.74 Å². The Balaban J connectivity index is 3.08. The molecule has 1 rings (SSSR count). The van der Waals surface area contributed by atoms with Crippen molar-refractivity contribution in [3.63, 3.8) is 0 Å². The van der Waals surface area contributed by atoms with Gasteiger partial charge in [0.25, 0.3) is 6.43 Å². The highest BCUT2D eigenvalue weighted by Crippen LogP contribution is 2.25. The lowest BCUT2D eigenvalue weighted by Gasteiger charge is -2.10. The van der Waals surface area contributed by atoms with E-state index in [9.17, 15) is 13.6 Å². The average Bonchev–Trinajstić information content (AvgIpc) is 2.31. The molecule has 0 aromatic carbocycles. The van der Waals surface area contributed by atoms with Crippen LogP contribution in [0.2, 0.25) is 0 Å². The third kappa shape index (κ3) is 4.01. The van der Waals surface area contributed by atoms with E-state index < -0.39 is 12.4 Å². The molecule has 0 N–H and O–H groups in total. The number of esters is 1. The zero-order valence-corrected chi connectivity index (χ0v) is 12.5. The summed E-state index contributed by atoms with van der Waals surface area (Å²) < 4.78 is 30.7.